The molecule has 0 saturated carbocycles. The number of imide groups is 1. The number of amides is 2. The Bertz CT molecular complexity index is 1650. The van der Waals surface area contributed by atoms with Crippen LogP contribution in [-0.2, 0) is 9.59 Å². The zero-order chi connectivity index (χ0) is 27.0. The van der Waals surface area contributed by atoms with Crippen molar-refractivity contribution in [2.24, 2.45) is 11.8 Å². The van der Waals surface area contributed by atoms with Crippen molar-refractivity contribution in [3.8, 4) is 11.5 Å². The van der Waals surface area contributed by atoms with Gasteiger partial charge in [0, 0.05) is 23.9 Å². The molecule has 2 fully saturated rings. The van der Waals surface area contributed by atoms with Gasteiger partial charge >= 0.3 is 0 Å². The molecule has 0 N–H and O–H groups in total. The summed E-state index contributed by atoms with van der Waals surface area (Å²) in [6.45, 7) is 1.68. The van der Waals surface area contributed by atoms with Crippen LogP contribution in [0.4, 0.5) is 11.4 Å². The van der Waals surface area contributed by atoms with Crippen molar-refractivity contribution in [1.29, 1.82) is 0 Å². The van der Waals surface area contributed by atoms with Crippen molar-refractivity contribution in [2.75, 3.05) is 11.7 Å². The van der Waals surface area contributed by atoms with Crippen LogP contribution < -0.4 is 14.4 Å². The molecule has 194 valence electrons. The molecular formula is C29H21N3O7. The zero-order valence-corrected chi connectivity index (χ0v) is 20.6. The number of nitro benzene ring substituents is 1. The summed E-state index contributed by atoms with van der Waals surface area (Å²) in [5.74, 6) is -2.02. The number of hydrogen-bond donors (Lipinski definition) is 0. The Hall–Kier alpha value is -4.99. The van der Waals surface area contributed by atoms with Crippen LogP contribution in [0.3, 0.4) is 0 Å². The summed E-state index contributed by atoms with van der Waals surface area (Å²) in [4.78, 5) is 55.9. The van der Waals surface area contributed by atoms with Gasteiger partial charge in [-0.2, -0.15) is 0 Å². The third kappa shape index (κ3) is 3.24. The summed E-state index contributed by atoms with van der Waals surface area (Å²) in [5, 5.41) is 11.3. The minimum absolute atomic E-state index is 0.0609. The average Bonchev–Trinajstić information content (AvgIpc) is 3.61. The zero-order valence-electron chi connectivity index (χ0n) is 20.6. The number of benzene rings is 3. The van der Waals surface area contributed by atoms with Crippen molar-refractivity contribution in [3.05, 3.63) is 99.2 Å². The van der Waals surface area contributed by atoms with Crippen molar-refractivity contribution in [2.45, 2.75) is 19.0 Å². The van der Waals surface area contributed by atoms with Crippen LogP contribution in [0.1, 0.15) is 33.1 Å². The lowest BCUT2D eigenvalue weighted by atomic mass is 9.83. The normalized spacial score (nSPS) is 24.0. The van der Waals surface area contributed by atoms with Crippen LogP contribution in [0.2, 0.25) is 0 Å². The van der Waals surface area contributed by atoms with E-state index in [4.69, 9.17) is 9.47 Å². The summed E-state index contributed by atoms with van der Waals surface area (Å²) in [6, 6.07) is 15.1. The molecule has 4 aliphatic rings. The number of nitro groups is 1. The third-order valence-corrected chi connectivity index (χ3v) is 8.02. The maximum atomic E-state index is 14.1. The topological polar surface area (TPSA) is 119 Å². The first kappa shape index (κ1) is 23.2. The van der Waals surface area contributed by atoms with Gasteiger partial charge in [0.2, 0.25) is 18.6 Å². The van der Waals surface area contributed by atoms with Gasteiger partial charge in [0.05, 0.1) is 28.5 Å². The highest BCUT2D eigenvalue weighted by atomic mass is 16.7. The number of Topliss-reactive ketones (excluding diaryl/α,β-unsaturated/α-hetero) is 1. The first-order valence-corrected chi connectivity index (χ1v) is 12.5. The fourth-order valence-electron chi connectivity index (χ4n) is 6.32. The minimum atomic E-state index is -0.953. The monoisotopic (exact) mass is 523 g/mol. The van der Waals surface area contributed by atoms with Crippen molar-refractivity contribution in [1.82, 2.24) is 4.90 Å². The highest BCUT2D eigenvalue weighted by molar-refractivity contribution is 6.25. The number of anilines is 1. The summed E-state index contributed by atoms with van der Waals surface area (Å²) in [6.07, 6.45) is 3.68. The lowest BCUT2D eigenvalue weighted by molar-refractivity contribution is -0.384. The van der Waals surface area contributed by atoms with E-state index in [1.54, 1.807) is 31.3 Å². The molecule has 4 atom stereocenters. The summed E-state index contributed by atoms with van der Waals surface area (Å²) in [7, 11) is 0. The molecule has 0 aliphatic carbocycles. The Labute approximate surface area is 222 Å². The number of ether oxygens (including phenoxy) is 2. The molecule has 0 aromatic heterocycles. The molecule has 0 bridgehead atoms. The van der Waals surface area contributed by atoms with Crippen molar-refractivity contribution < 1.29 is 28.8 Å². The second kappa shape index (κ2) is 8.26. The standard InChI is InChI=1S/C29H21N3O7/c1-15-12-18(32(36)37)7-8-20(15)31-28(34)23-24(29(31)35)26(27(33)17-6-9-21-22(13-17)39-14-38-21)30-11-10-16-4-2-3-5-19(16)25(23)30/h2-13,23-26H,14H2,1H3/t23-,24+,25?,26-/m0/s1. The van der Waals surface area contributed by atoms with E-state index in [0.29, 0.717) is 22.6 Å². The van der Waals surface area contributed by atoms with Gasteiger partial charge in [0.1, 0.15) is 6.04 Å². The molecule has 2 amide bonds. The number of fused-ring (bicyclic) bond motifs is 6. The Morgan fingerprint density at radius 3 is 2.54 bits per heavy atom. The van der Waals surface area contributed by atoms with Gasteiger partial charge in [-0.3, -0.25) is 24.5 Å². The molecule has 0 radical (unpaired) electrons. The molecule has 10 nitrogen and oxygen atoms in total. The van der Waals surface area contributed by atoms with E-state index < -0.39 is 40.7 Å². The molecule has 1 unspecified atom stereocenters. The SMILES string of the molecule is Cc1cc([N+](=O)[O-])ccc1N1C(=O)[C@@H]2[C@H](C1=O)C1c3ccccc3C=CN1[C@@H]2C(=O)c1ccc2c(c1)OCO2. The lowest BCUT2D eigenvalue weighted by Gasteiger charge is -2.35. The maximum Gasteiger partial charge on any atom is 0.269 e. The fourth-order valence-corrected chi connectivity index (χ4v) is 6.32. The van der Waals surface area contributed by atoms with E-state index >= 15 is 0 Å². The van der Waals surface area contributed by atoms with Crippen LogP contribution >= 0.6 is 0 Å². The summed E-state index contributed by atoms with van der Waals surface area (Å²) in [5.41, 5.74) is 2.69. The van der Waals surface area contributed by atoms with Gasteiger partial charge < -0.3 is 14.4 Å². The number of ketones is 1. The summed E-state index contributed by atoms with van der Waals surface area (Å²) < 4.78 is 10.8. The number of aryl methyl sites for hydroxylation is 1. The Kier molecular flexibility index (Phi) is 4.90. The molecule has 3 aromatic rings. The molecule has 7 rings (SSSR count). The Balaban J connectivity index is 1.35. The smallest absolute Gasteiger partial charge is 0.269 e. The first-order valence-electron chi connectivity index (χ1n) is 12.5. The van der Waals surface area contributed by atoms with E-state index in [-0.39, 0.29) is 24.0 Å². The average molecular weight is 524 g/mol. The quantitative estimate of drug-likeness (QED) is 0.218. The molecule has 4 heterocycles. The Morgan fingerprint density at radius 1 is 0.974 bits per heavy atom. The molecule has 10 heteroatoms. The number of carbonyl (C=O) groups is 3. The van der Waals surface area contributed by atoms with Gasteiger partial charge in [0.25, 0.3) is 5.69 Å². The van der Waals surface area contributed by atoms with E-state index in [0.717, 1.165) is 16.0 Å². The van der Waals surface area contributed by atoms with Gasteiger partial charge in [-0.15, -0.1) is 0 Å². The van der Waals surface area contributed by atoms with Gasteiger partial charge in [-0.05, 0) is 54.0 Å². The molecule has 4 aliphatic heterocycles. The van der Waals surface area contributed by atoms with Crippen LogP contribution in [0, 0.1) is 28.9 Å². The Morgan fingerprint density at radius 2 is 1.74 bits per heavy atom. The second-order valence-electron chi connectivity index (χ2n) is 10.0. The van der Waals surface area contributed by atoms with E-state index in [9.17, 15) is 24.5 Å². The van der Waals surface area contributed by atoms with Crippen LogP contribution in [0.5, 0.6) is 11.5 Å². The highest BCUT2D eigenvalue weighted by Gasteiger charge is 2.64. The first-order chi connectivity index (χ1) is 18.8. The van der Waals surface area contributed by atoms with Crippen LogP contribution in [-0.4, -0.2) is 40.3 Å². The number of hydrogen-bond acceptors (Lipinski definition) is 8. The predicted molar refractivity (Wildman–Crippen MR) is 138 cm³/mol. The number of nitrogens with zero attached hydrogens (tertiary/aromatic N) is 3. The molecule has 39 heavy (non-hydrogen) atoms. The van der Waals surface area contributed by atoms with Gasteiger partial charge in [-0.25, -0.2) is 4.90 Å². The minimum Gasteiger partial charge on any atom is -0.454 e. The third-order valence-electron chi connectivity index (χ3n) is 8.02. The molecular weight excluding hydrogens is 502 g/mol. The maximum absolute atomic E-state index is 14.1. The summed E-state index contributed by atoms with van der Waals surface area (Å²) >= 11 is 0. The van der Waals surface area contributed by atoms with E-state index in [1.807, 2.05) is 35.2 Å². The van der Waals surface area contributed by atoms with Gasteiger partial charge in [0.15, 0.2) is 17.3 Å². The van der Waals surface area contributed by atoms with E-state index in [1.165, 1.54) is 18.2 Å². The largest absolute Gasteiger partial charge is 0.454 e. The number of carbonyl (C=O) groups excluding carboxylic acids is 3. The number of rotatable bonds is 4. The van der Waals surface area contributed by atoms with Crippen molar-refractivity contribution in [3.63, 3.8) is 0 Å². The molecule has 2 saturated heterocycles. The second-order valence-corrected chi connectivity index (χ2v) is 10.0. The molecule has 3 aromatic carbocycles. The van der Waals surface area contributed by atoms with Crippen LogP contribution in [0.15, 0.2) is 66.9 Å². The predicted octanol–water partition coefficient (Wildman–Crippen LogP) is 4.03. The highest BCUT2D eigenvalue weighted by Crippen LogP contribution is 2.54. The molecule has 0 spiro atoms. The van der Waals surface area contributed by atoms with Crippen molar-refractivity contribution >= 4 is 35.0 Å². The van der Waals surface area contributed by atoms with Crippen LogP contribution in [0.25, 0.3) is 6.08 Å². The van der Waals surface area contributed by atoms with Gasteiger partial charge in [-0.1, -0.05) is 24.3 Å². The number of non-ortho nitro benzene ring substituents is 1. The fraction of sp³-hybridized carbons (Fsp3) is 0.207. The lowest BCUT2D eigenvalue weighted by Crippen LogP contribution is -2.44. The van der Waals surface area contributed by atoms with E-state index in [2.05, 4.69) is 0 Å².